The molecule has 0 saturated heterocycles. The molecule has 0 aromatic carbocycles. The Morgan fingerprint density at radius 3 is 2.90 bits per heavy atom. The third-order valence-corrected chi connectivity index (χ3v) is 1.13. The second kappa shape index (κ2) is 2.34. The summed E-state index contributed by atoms with van der Waals surface area (Å²) in [4.78, 5) is 12.2. The standard InChI is InChI=1S/C6H6N2O2/c1-5(8(9)10)6-3-2-4-7-6/h2-4,7H,1H2. The van der Waals surface area contributed by atoms with E-state index in [1.54, 1.807) is 18.3 Å². The first-order valence-corrected chi connectivity index (χ1v) is 2.69. The van der Waals surface area contributed by atoms with Gasteiger partial charge in [0.2, 0.25) is 0 Å². The molecule has 0 spiro atoms. The summed E-state index contributed by atoms with van der Waals surface area (Å²) < 4.78 is 0. The highest BCUT2D eigenvalue weighted by Gasteiger charge is 2.09. The monoisotopic (exact) mass is 138 g/mol. The van der Waals surface area contributed by atoms with Crippen LogP contribution in [0.15, 0.2) is 24.9 Å². The zero-order valence-corrected chi connectivity index (χ0v) is 5.20. The minimum atomic E-state index is -0.522. The number of rotatable bonds is 2. The van der Waals surface area contributed by atoms with Crippen molar-refractivity contribution >= 4 is 5.70 Å². The van der Waals surface area contributed by atoms with Gasteiger partial charge in [-0.25, -0.2) is 0 Å². The Morgan fingerprint density at radius 2 is 2.50 bits per heavy atom. The van der Waals surface area contributed by atoms with E-state index in [4.69, 9.17) is 0 Å². The van der Waals surface area contributed by atoms with Crippen molar-refractivity contribution in [2.45, 2.75) is 0 Å². The van der Waals surface area contributed by atoms with Gasteiger partial charge in [0.25, 0.3) is 5.70 Å². The number of hydrogen-bond acceptors (Lipinski definition) is 2. The van der Waals surface area contributed by atoms with Crippen molar-refractivity contribution in [2.75, 3.05) is 0 Å². The normalized spacial score (nSPS) is 9.20. The van der Waals surface area contributed by atoms with Crippen molar-refractivity contribution in [3.63, 3.8) is 0 Å². The van der Waals surface area contributed by atoms with Gasteiger partial charge in [-0.05, 0) is 18.7 Å². The van der Waals surface area contributed by atoms with Crippen LogP contribution in [0, 0.1) is 10.1 Å². The number of aromatic nitrogens is 1. The number of aromatic amines is 1. The molecule has 1 heterocycles. The predicted molar refractivity (Wildman–Crippen MR) is 36.8 cm³/mol. The second-order valence-corrected chi connectivity index (χ2v) is 1.79. The highest BCUT2D eigenvalue weighted by atomic mass is 16.6. The van der Waals surface area contributed by atoms with E-state index in [1.165, 1.54) is 0 Å². The molecule has 0 fully saturated rings. The fraction of sp³-hybridized carbons (Fsp3) is 0. The lowest BCUT2D eigenvalue weighted by atomic mass is 10.4. The quantitative estimate of drug-likeness (QED) is 0.494. The van der Waals surface area contributed by atoms with Crippen molar-refractivity contribution in [3.05, 3.63) is 40.7 Å². The first-order valence-electron chi connectivity index (χ1n) is 2.69. The summed E-state index contributed by atoms with van der Waals surface area (Å²) in [5.74, 6) is 0. The smallest absolute Gasteiger partial charge is 0.285 e. The van der Waals surface area contributed by atoms with Crippen LogP contribution in [0.3, 0.4) is 0 Å². The molecule has 0 amide bonds. The number of nitro groups is 1. The van der Waals surface area contributed by atoms with E-state index in [-0.39, 0.29) is 5.70 Å². The minimum absolute atomic E-state index is 0.106. The summed E-state index contributed by atoms with van der Waals surface area (Å²) in [6.45, 7) is 3.27. The Bertz CT molecular complexity index is 251. The first-order chi connectivity index (χ1) is 4.72. The highest BCUT2D eigenvalue weighted by Crippen LogP contribution is 2.08. The second-order valence-electron chi connectivity index (χ2n) is 1.79. The van der Waals surface area contributed by atoms with E-state index >= 15 is 0 Å². The molecule has 1 aromatic heterocycles. The van der Waals surface area contributed by atoms with Crippen molar-refractivity contribution in [3.8, 4) is 0 Å². The zero-order chi connectivity index (χ0) is 7.56. The van der Waals surface area contributed by atoms with E-state index in [1.807, 2.05) is 0 Å². The molecule has 0 unspecified atom stereocenters. The molecule has 1 aromatic rings. The summed E-state index contributed by atoms with van der Waals surface area (Å²) in [5, 5.41) is 10.1. The van der Waals surface area contributed by atoms with Gasteiger partial charge in [0, 0.05) is 6.20 Å². The van der Waals surface area contributed by atoms with Crippen LogP contribution in [-0.2, 0) is 0 Å². The Kier molecular flexibility index (Phi) is 1.53. The van der Waals surface area contributed by atoms with Crippen molar-refractivity contribution in [1.82, 2.24) is 4.98 Å². The fourth-order valence-corrected chi connectivity index (χ4v) is 0.608. The van der Waals surface area contributed by atoms with Crippen LogP contribution in [0.5, 0.6) is 0 Å². The lowest BCUT2D eigenvalue weighted by Gasteiger charge is -1.89. The van der Waals surface area contributed by atoms with Crippen LogP contribution in [-0.4, -0.2) is 9.91 Å². The molecule has 0 aliphatic rings. The van der Waals surface area contributed by atoms with Gasteiger partial charge < -0.3 is 4.98 Å². The maximum Gasteiger partial charge on any atom is 0.285 e. The number of nitrogens with zero attached hydrogens (tertiary/aromatic N) is 1. The van der Waals surface area contributed by atoms with Gasteiger partial charge in [-0.3, -0.25) is 10.1 Å². The third-order valence-electron chi connectivity index (χ3n) is 1.13. The largest absolute Gasteiger partial charge is 0.356 e. The topological polar surface area (TPSA) is 58.9 Å². The molecular formula is C6H6N2O2. The molecule has 0 radical (unpaired) electrons. The van der Waals surface area contributed by atoms with E-state index in [2.05, 4.69) is 11.6 Å². The van der Waals surface area contributed by atoms with E-state index < -0.39 is 4.92 Å². The van der Waals surface area contributed by atoms with Gasteiger partial charge in [0.05, 0.1) is 4.92 Å². The van der Waals surface area contributed by atoms with E-state index in [9.17, 15) is 10.1 Å². The Morgan fingerprint density at radius 1 is 1.80 bits per heavy atom. The molecule has 0 aliphatic carbocycles. The summed E-state index contributed by atoms with van der Waals surface area (Å²) >= 11 is 0. The summed E-state index contributed by atoms with van der Waals surface area (Å²) in [7, 11) is 0. The van der Waals surface area contributed by atoms with Gasteiger partial charge in [-0.1, -0.05) is 0 Å². The van der Waals surface area contributed by atoms with Crippen LogP contribution in [0.25, 0.3) is 5.70 Å². The highest BCUT2D eigenvalue weighted by molar-refractivity contribution is 5.51. The molecule has 10 heavy (non-hydrogen) atoms. The Hall–Kier alpha value is -1.58. The number of H-pyrrole nitrogens is 1. The van der Waals surface area contributed by atoms with Crippen LogP contribution < -0.4 is 0 Å². The van der Waals surface area contributed by atoms with Gasteiger partial charge in [0.1, 0.15) is 5.69 Å². The Labute approximate surface area is 57.3 Å². The van der Waals surface area contributed by atoms with E-state index in [0.29, 0.717) is 5.69 Å². The van der Waals surface area contributed by atoms with Crippen LogP contribution in [0.4, 0.5) is 0 Å². The lowest BCUT2D eigenvalue weighted by molar-refractivity contribution is -0.375. The minimum Gasteiger partial charge on any atom is -0.356 e. The van der Waals surface area contributed by atoms with Crippen LogP contribution >= 0.6 is 0 Å². The van der Waals surface area contributed by atoms with Gasteiger partial charge in [-0.15, -0.1) is 0 Å². The average molecular weight is 138 g/mol. The number of hydrogen-bond donors (Lipinski definition) is 1. The molecule has 0 atom stereocenters. The zero-order valence-electron chi connectivity index (χ0n) is 5.20. The molecule has 1 rings (SSSR count). The Balaban J connectivity index is 2.88. The summed E-state index contributed by atoms with van der Waals surface area (Å²) in [5.41, 5.74) is 0.343. The van der Waals surface area contributed by atoms with Gasteiger partial charge in [-0.2, -0.15) is 0 Å². The molecule has 0 bridgehead atoms. The SMILES string of the molecule is C=C(c1ccc[nH]1)[N+](=O)[O-]. The molecule has 4 heteroatoms. The molecule has 0 saturated carbocycles. The first kappa shape index (κ1) is 6.54. The van der Waals surface area contributed by atoms with Gasteiger partial charge in [0.15, 0.2) is 0 Å². The van der Waals surface area contributed by atoms with E-state index in [0.717, 1.165) is 0 Å². The third kappa shape index (κ3) is 1.05. The molecular weight excluding hydrogens is 132 g/mol. The van der Waals surface area contributed by atoms with Crippen molar-refractivity contribution in [2.24, 2.45) is 0 Å². The molecule has 0 aliphatic heterocycles. The van der Waals surface area contributed by atoms with Crippen LogP contribution in [0.2, 0.25) is 0 Å². The molecule has 4 nitrogen and oxygen atoms in total. The van der Waals surface area contributed by atoms with Crippen molar-refractivity contribution < 1.29 is 4.92 Å². The molecule has 52 valence electrons. The maximum absolute atomic E-state index is 10.1. The molecule has 1 N–H and O–H groups in total. The predicted octanol–water partition coefficient (Wildman–Crippen LogP) is 1.26. The summed E-state index contributed by atoms with van der Waals surface area (Å²) in [6.07, 6.45) is 1.62. The van der Waals surface area contributed by atoms with Gasteiger partial charge >= 0.3 is 0 Å². The van der Waals surface area contributed by atoms with Crippen LogP contribution in [0.1, 0.15) is 5.69 Å². The maximum atomic E-state index is 10.1. The number of nitrogens with one attached hydrogen (secondary N) is 1. The summed E-state index contributed by atoms with van der Waals surface area (Å²) in [6, 6.07) is 3.29. The fourth-order valence-electron chi connectivity index (χ4n) is 0.608. The lowest BCUT2D eigenvalue weighted by Crippen LogP contribution is -1.95. The average Bonchev–Trinajstić information content (AvgIpc) is 2.36. The van der Waals surface area contributed by atoms with Crippen molar-refractivity contribution in [1.29, 1.82) is 0 Å².